The Kier molecular flexibility index (Phi) is 4.59. The van der Waals surface area contributed by atoms with E-state index in [0.29, 0.717) is 5.75 Å². The van der Waals surface area contributed by atoms with Crippen LogP contribution in [0, 0.1) is 0 Å². The SMILES string of the molecule is CSC[C@@](C)(O)CNS(=O)(=O)c1cn(C)cn1. The van der Waals surface area contributed by atoms with Crippen molar-refractivity contribution in [2.45, 2.75) is 17.6 Å². The predicted molar refractivity (Wildman–Crippen MR) is 67.4 cm³/mol. The lowest BCUT2D eigenvalue weighted by Gasteiger charge is -2.21. The zero-order chi connectivity index (χ0) is 13.1. The van der Waals surface area contributed by atoms with Gasteiger partial charge in [0.2, 0.25) is 0 Å². The van der Waals surface area contributed by atoms with Crippen LogP contribution in [0.2, 0.25) is 0 Å². The van der Waals surface area contributed by atoms with Crippen LogP contribution >= 0.6 is 11.8 Å². The van der Waals surface area contributed by atoms with Crippen LogP contribution in [0.1, 0.15) is 6.92 Å². The molecule has 1 atom stereocenters. The molecule has 0 fully saturated rings. The average Bonchev–Trinajstić information content (AvgIpc) is 2.63. The summed E-state index contributed by atoms with van der Waals surface area (Å²) in [5.74, 6) is 0.456. The maximum atomic E-state index is 11.8. The van der Waals surface area contributed by atoms with Crippen LogP contribution in [-0.2, 0) is 17.1 Å². The molecule has 0 aliphatic carbocycles. The number of aryl methyl sites for hydroxylation is 1. The smallest absolute Gasteiger partial charge is 0.259 e. The van der Waals surface area contributed by atoms with E-state index in [2.05, 4.69) is 9.71 Å². The molecule has 0 saturated heterocycles. The Bertz CT molecular complexity index is 468. The molecule has 0 radical (unpaired) electrons. The number of aromatic nitrogens is 2. The number of hydrogen-bond donors (Lipinski definition) is 2. The molecule has 1 aromatic heterocycles. The molecule has 0 amide bonds. The third-order valence-electron chi connectivity index (χ3n) is 2.05. The highest BCUT2D eigenvalue weighted by molar-refractivity contribution is 7.98. The molecular weight excluding hydrogens is 262 g/mol. The van der Waals surface area contributed by atoms with E-state index in [1.165, 1.54) is 24.3 Å². The molecule has 0 saturated carbocycles. The van der Waals surface area contributed by atoms with Gasteiger partial charge in [0, 0.05) is 25.5 Å². The first-order valence-corrected chi connectivity index (χ1v) is 7.83. The summed E-state index contributed by atoms with van der Waals surface area (Å²) in [5.41, 5.74) is -1.07. The van der Waals surface area contributed by atoms with Crippen LogP contribution in [0.15, 0.2) is 17.6 Å². The number of hydrogen-bond acceptors (Lipinski definition) is 5. The number of nitrogens with zero attached hydrogens (tertiary/aromatic N) is 2. The van der Waals surface area contributed by atoms with Gasteiger partial charge in [0.25, 0.3) is 10.0 Å². The van der Waals surface area contributed by atoms with Crippen molar-refractivity contribution in [2.75, 3.05) is 18.6 Å². The third-order valence-corrected chi connectivity index (χ3v) is 4.25. The number of nitrogens with one attached hydrogen (secondary N) is 1. The fourth-order valence-electron chi connectivity index (χ4n) is 1.21. The summed E-state index contributed by atoms with van der Waals surface area (Å²) >= 11 is 1.45. The zero-order valence-electron chi connectivity index (χ0n) is 10.0. The second-order valence-electron chi connectivity index (χ2n) is 4.13. The summed E-state index contributed by atoms with van der Waals surface area (Å²) in [6.45, 7) is 1.55. The maximum Gasteiger partial charge on any atom is 0.259 e. The van der Waals surface area contributed by atoms with Gasteiger partial charge in [0.15, 0.2) is 5.03 Å². The highest BCUT2D eigenvalue weighted by atomic mass is 32.2. The molecule has 0 spiro atoms. The second kappa shape index (κ2) is 5.38. The van der Waals surface area contributed by atoms with Crippen LogP contribution in [0.5, 0.6) is 0 Å². The van der Waals surface area contributed by atoms with Gasteiger partial charge in [-0.15, -0.1) is 0 Å². The van der Waals surface area contributed by atoms with Crippen molar-refractivity contribution >= 4 is 21.8 Å². The van der Waals surface area contributed by atoms with Crippen LogP contribution < -0.4 is 4.72 Å². The van der Waals surface area contributed by atoms with Gasteiger partial charge in [0.1, 0.15) is 0 Å². The van der Waals surface area contributed by atoms with Crippen molar-refractivity contribution in [1.82, 2.24) is 14.3 Å². The molecule has 98 valence electrons. The minimum Gasteiger partial charge on any atom is -0.388 e. The standard InChI is InChI=1S/C9H17N3O3S2/c1-9(13,6-16-3)5-11-17(14,15)8-4-12(2)7-10-8/h4,7,11,13H,5-6H2,1-3H3/t9-/m0/s1. The highest BCUT2D eigenvalue weighted by Crippen LogP contribution is 2.11. The van der Waals surface area contributed by atoms with Crippen molar-refractivity contribution in [1.29, 1.82) is 0 Å². The topological polar surface area (TPSA) is 84.2 Å². The van der Waals surface area contributed by atoms with Crippen LogP contribution in [0.3, 0.4) is 0 Å². The first-order valence-electron chi connectivity index (χ1n) is 4.96. The van der Waals surface area contributed by atoms with E-state index in [1.807, 2.05) is 6.26 Å². The third kappa shape index (κ3) is 4.30. The number of rotatable bonds is 6. The monoisotopic (exact) mass is 279 g/mol. The van der Waals surface area contributed by atoms with Crippen molar-refractivity contribution in [3.05, 3.63) is 12.5 Å². The van der Waals surface area contributed by atoms with Gasteiger partial charge in [-0.3, -0.25) is 0 Å². The largest absolute Gasteiger partial charge is 0.388 e. The summed E-state index contributed by atoms with van der Waals surface area (Å²) in [7, 11) is -1.95. The van der Waals surface area contributed by atoms with Crippen LogP contribution in [0.4, 0.5) is 0 Å². The first-order chi connectivity index (χ1) is 7.77. The van der Waals surface area contributed by atoms with Crippen molar-refractivity contribution < 1.29 is 13.5 Å². The molecular formula is C9H17N3O3S2. The molecule has 1 rings (SSSR count). The number of imidazole rings is 1. The number of aliphatic hydroxyl groups is 1. The molecule has 0 aromatic carbocycles. The van der Waals surface area contributed by atoms with Gasteiger partial charge in [-0.2, -0.15) is 11.8 Å². The molecule has 0 bridgehead atoms. The summed E-state index contributed by atoms with van der Waals surface area (Å²) in [4.78, 5) is 3.76. The first kappa shape index (κ1) is 14.5. The maximum absolute atomic E-state index is 11.8. The molecule has 1 heterocycles. The van der Waals surface area contributed by atoms with E-state index in [-0.39, 0.29) is 11.6 Å². The Morgan fingerprint density at radius 1 is 1.65 bits per heavy atom. The Labute approximate surface area is 105 Å². The van der Waals surface area contributed by atoms with E-state index < -0.39 is 15.6 Å². The minimum absolute atomic E-state index is 0.0350. The van der Waals surface area contributed by atoms with Crippen molar-refractivity contribution in [2.24, 2.45) is 7.05 Å². The number of thioether (sulfide) groups is 1. The number of sulfonamides is 1. The molecule has 17 heavy (non-hydrogen) atoms. The van der Waals surface area contributed by atoms with E-state index in [0.717, 1.165) is 0 Å². The fourth-order valence-corrected chi connectivity index (χ4v) is 3.08. The van der Waals surface area contributed by atoms with Gasteiger partial charge in [-0.25, -0.2) is 18.1 Å². The van der Waals surface area contributed by atoms with E-state index in [1.54, 1.807) is 18.5 Å². The van der Waals surface area contributed by atoms with Gasteiger partial charge in [-0.1, -0.05) is 0 Å². The fraction of sp³-hybridized carbons (Fsp3) is 0.667. The van der Waals surface area contributed by atoms with Gasteiger partial charge < -0.3 is 9.67 Å². The van der Waals surface area contributed by atoms with Gasteiger partial charge >= 0.3 is 0 Å². The molecule has 1 aromatic rings. The van der Waals surface area contributed by atoms with Crippen molar-refractivity contribution in [3.8, 4) is 0 Å². The van der Waals surface area contributed by atoms with Crippen LogP contribution in [0.25, 0.3) is 0 Å². The van der Waals surface area contributed by atoms with Gasteiger partial charge in [-0.05, 0) is 13.2 Å². The lowest BCUT2D eigenvalue weighted by molar-refractivity contribution is 0.0908. The second-order valence-corrected chi connectivity index (χ2v) is 6.71. The van der Waals surface area contributed by atoms with E-state index >= 15 is 0 Å². The minimum atomic E-state index is -3.64. The highest BCUT2D eigenvalue weighted by Gasteiger charge is 2.24. The lowest BCUT2D eigenvalue weighted by atomic mass is 10.1. The lowest BCUT2D eigenvalue weighted by Crippen LogP contribution is -2.42. The normalized spacial score (nSPS) is 15.8. The Hall–Kier alpha value is -0.570. The molecule has 0 unspecified atom stereocenters. The Balaban J connectivity index is 2.69. The average molecular weight is 279 g/mol. The summed E-state index contributed by atoms with van der Waals surface area (Å²) in [5, 5.41) is 9.81. The van der Waals surface area contributed by atoms with E-state index in [9.17, 15) is 13.5 Å². The predicted octanol–water partition coefficient (Wildman–Crippen LogP) is -0.188. The Morgan fingerprint density at radius 3 is 2.76 bits per heavy atom. The molecule has 0 aliphatic heterocycles. The van der Waals surface area contributed by atoms with Gasteiger partial charge in [0.05, 0.1) is 11.9 Å². The molecule has 6 nitrogen and oxygen atoms in total. The Morgan fingerprint density at radius 2 is 2.29 bits per heavy atom. The quantitative estimate of drug-likeness (QED) is 0.754. The van der Waals surface area contributed by atoms with E-state index in [4.69, 9.17) is 0 Å². The molecule has 8 heteroatoms. The summed E-state index contributed by atoms with van der Waals surface area (Å²) in [6.07, 6.45) is 4.67. The summed E-state index contributed by atoms with van der Waals surface area (Å²) < 4.78 is 27.5. The summed E-state index contributed by atoms with van der Waals surface area (Å²) in [6, 6.07) is 0. The zero-order valence-corrected chi connectivity index (χ0v) is 11.7. The molecule has 0 aliphatic rings. The molecule has 2 N–H and O–H groups in total. The van der Waals surface area contributed by atoms with Crippen molar-refractivity contribution in [3.63, 3.8) is 0 Å². The van der Waals surface area contributed by atoms with Crippen LogP contribution in [-0.4, -0.2) is 47.2 Å².